The molecular formula is C42H64O8. The molecule has 8 heteroatoms. The summed E-state index contributed by atoms with van der Waals surface area (Å²) in [7, 11) is 0. The van der Waals surface area contributed by atoms with Crippen LogP contribution in [0.2, 0.25) is 0 Å². The SMILES string of the molecule is C=CC[C@@H]1O[C@H]2C3O[C@]4(CC[C@H]5CC(=C)C(CC[C@H]6C[C@@H](C)C(=C)[C@@H](CC7O[C@H](C[C@H](C)CC)[C@H](C)[C@H]7CC=O)O6)O5)C[C@H]3O[C@H]2C(O4)[C@H]1C. The predicted octanol–water partition coefficient (Wildman–Crippen LogP) is 7.68. The van der Waals surface area contributed by atoms with Crippen molar-refractivity contribution in [3.05, 3.63) is 37.0 Å². The highest BCUT2D eigenvalue weighted by Crippen LogP contribution is 2.54. The molecule has 8 aliphatic rings. The topological polar surface area (TPSA) is 81.7 Å². The van der Waals surface area contributed by atoms with Gasteiger partial charge in [-0.05, 0) is 79.8 Å². The standard InChI is InChI=1S/C42H64O8/c1-9-11-33-28(8)38-40-41(47-33)39-37(48-40)22-42(49-38,50-39)16-14-30-20-25(5)32(44-30)13-12-29-19-24(4)26(6)35(45-29)21-36-31(15-17-43)27(7)34(46-36)18-23(3)10-2/h9,17,23-24,27-41H,1,5-6,10-16,18-22H2,2-4,7-8H3/t23-,24-,27-,28+,29+,30+,31-,32?,33+,34-,35-,36?,37-,38?,39?,40+,41+,42-/m1/s1. The van der Waals surface area contributed by atoms with Crippen LogP contribution in [0.25, 0.3) is 0 Å². The Labute approximate surface area is 301 Å². The molecule has 0 aromatic heterocycles. The Morgan fingerprint density at radius 3 is 2.36 bits per heavy atom. The lowest BCUT2D eigenvalue weighted by atomic mass is 9.80. The van der Waals surface area contributed by atoms with Crippen molar-refractivity contribution in [1.29, 1.82) is 0 Å². The molecule has 6 bridgehead atoms. The van der Waals surface area contributed by atoms with Gasteiger partial charge in [0.2, 0.25) is 0 Å². The third kappa shape index (κ3) is 7.13. The van der Waals surface area contributed by atoms with Gasteiger partial charge in [0.25, 0.3) is 0 Å². The van der Waals surface area contributed by atoms with Crippen molar-refractivity contribution in [2.24, 2.45) is 29.6 Å². The lowest BCUT2D eigenvalue weighted by Gasteiger charge is -2.42. The molecule has 0 N–H and O–H groups in total. The molecule has 8 fully saturated rings. The zero-order valence-electron chi connectivity index (χ0n) is 31.3. The Kier molecular flexibility index (Phi) is 11.2. The van der Waals surface area contributed by atoms with Gasteiger partial charge in [-0.1, -0.05) is 60.3 Å². The summed E-state index contributed by atoms with van der Waals surface area (Å²) >= 11 is 0. The second-order valence-corrected chi connectivity index (χ2v) is 17.2. The fourth-order valence-corrected chi connectivity index (χ4v) is 10.5. The Morgan fingerprint density at radius 1 is 0.840 bits per heavy atom. The fourth-order valence-electron chi connectivity index (χ4n) is 10.5. The maximum Gasteiger partial charge on any atom is 0.172 e. The van der Waals surface area contributed by atoms with Crippen LogP contribution >= 0.6 is 0 Å². The van der Waals surface area contributed by atoms with Gasteiger partial charge < -0.3 is 38.0 Å². The van der Waals surface area contributed by atoms with Crippen molar-refractivity contribution in [1.82, 2.24) is 0 Å². The minimum Gasteiger partial charge on any atom is -0.374 e. The van der Waals surface area contributed by atoms with E-state index in [0.717, 1.165) is 82.5 Å². The average molecular weight is 697 g/mol. The summed E-state index contributed by atoms with van der Waals surface area (Å²) in [6.45, 7) is 24.2. The lowest BCUT2D eigenvalue weighted by molar-refractivity contribution is -0.262. The lowest BCUT2D eigenvalue weighted by Crippen LogP contribution is -2.54. The van der Waals surface area contributed by atoms with Crippen LogP contribution in [0.15, 0.2) is 37.0 Å². The summed E-state index contributed by atoms with van der Waals surface area (Å²) in [5, 5.41) is 0. The van der Waals surface area contributed by atoms with Crippen LogP contribution in [0.3, 0.4) is 0 Å². The molecule has 8 rings (SSSR count). The summed E-state index contributed by atoms with van der Waals surface area (Å²) < 4.78 is 46.7. The van der Waals surface area contributed by atoms with E-state index in [0.29, 0.717) is 24.2 Å². The number of rotatable bonds is 15. The number of hydrogen-bond acceptors (Lipinski definition) is 8. The van der Waals surface area contributed by atoms with E-state index in [1.54, 1.807) is 0 Å². The zero-order valence-corrected chi connectivity index (χ0v) is 31.3. The van der Waals surface area contributed by atoms with Gasteiger partial charge in [0.1, 0.15) is 24.6 Å². The molecule has 18 atom stereocenters. The highest BCUT2D eigenvalue weighted by Gasteiger charge is 2.67. The third-order valence-electron chi connectivity index (χ3n) is 13.9. The van der Waals surface area contributed by atoms with Crippen LogP contribution in [-0.2, 0) is 38.0 Å². The van der Waals surface area contributed by atoms with Crippen LogP contribution in [-0.4, -0.2) is 85.3 Å². The molecule has 0 aromatic rings. The van der Waals surface area contributed by atoms with E-state index in [9.17, 15) is 4.79 Å². The molecule has 8 saturated heterocycles. The van der Waals surface area contributed by atoms with Crippen molar-refractivity contribution in [3.63, 3.8) is 0 Å². The Balaban J connectivity index is 0.913. The van der Waals surface area contributed by atoms with E-state index >= 15 is 0 Å². The third-order valence-corrected chi connectivity index (χ3v) is 13.9. The largest absolute Gasteiger partial charge is 0.374 e. The maximum absolute atomic E-state index is 11.7. The number of ether oxygens (including phenoxy) is 7. The zero-order chi connectivity index (χ0) is 35.3. The van der Waals surface area contributed by atoms with Crippen molar-refractivity contribution in [2.45, 2.75) is 191 Å². The summed E-state index contributed by atoms with van der Waals surface area (Å²) in [5.41, 5.74) is 2.34. The van der Waals surface area contributed by atoms with Gasteiger partial charge in [-0.25, -0.2) is 0 Å². The first kappa shape index (κ1) is 36.9. The summed E-state index contributed by atoms with van der Waals surface area (Å²) in [4.78, 5) is 11.7. The highest BCUT2D eigenvalue weighted by atomic mass is 16.8. The predicted molar refractivity (Wildman–Crippen MR) is 192 cm³/mol. The molecule has 0 saturated carbocycles. The quantitative estimate of drug-likeness (QED) is 0.128. The van der Waals surface area contributed by atoms with Gasteiger partial charge in [0.05, 0.1) is 54.9 Å². The molecule has 8 heterocycles. The summed E-state index contributed by atoms with van der Waals surface area (Å²) in [5.74, 6) is 1.15. The van der Waals surface area contributed by atoms with Crippen molar-refractivity contribution < 1.29 is 38.0 Å². The van der Waals surface area contributed by atoms with Crippen LogP contribution in [0.1, 0.15) is 112 Å². The van der Waals surface area contributed by atoms with E-state index in [1.165, 1.54) is 5.57 Å². The minimum absolute atomic E-state index is 0.0212. The molecule has 8 nitrogen and oxygen atoms in total. The smallest absolute Gasteiger partial charge is 0.172 e. The Bertz CT molecular complexity index is 1250. The van der Waals surface area contributed by atoms with E-state index < -0.39 is 5.79 Å². The molecule has 0 spiro atoms. The van der Waals surface area contributed by atoms with Crippen LogP contribution in [0.4, 0.5) is 0 Å². The van der Waals surface area contributed by atoms with E-state index in [1.807, 2.05) is 6.08 Å². The molecule has 4 unspecified atom stereocenters. The summed E-state index contributed by atoms with van der Waals surface area (Å²) in [6, 6.07) is 0. The normalized spacial score (nSPS) is 48.7. The molecule has 0 aliphatic carbocycles. The van der Waals surface area contributed by atoms with E-state index in [2.05, 4.69) is 54.4 Å². The molecule has 50 heavy (non-hydrogen) atoms. The number of hydrogen-bond donors (Lipinski definition) is 0. The minimum atomic E-state index is -0.643. The first-order chi connectivity index (χ1) is 24.0. The van der Waals surface area contributed by atoms with Gasteiger partial charge in [-0.2, -0.15) is 0 Å². The van der Waals surface area contributed by atoms with Gasteiger partial charge in [0.15, 0.2) is 5.79 Å². The van der Waals surface area contributed by atoms with E-state index in [4.69, 9.17) is 33.2 Å². The van der Waals surface area contributed by atoms with Gasteiger partial charge in [-0.15, -0.1) is 6.58 Å². The van der Waals surface area contributed by atoms with Gasteiger partial charge in [-0.3, -0.25) is 0 Å². The summed E-state index contributed by atoms with van der Waals surface area (Å²) in [6.07, 6.45) is 13.7. The van der Waals surface area contributed by atoms with E-state index in [-0.39, 0.29) is 85.1 Å². The van der Waals surface area contributed by atoms with Crippen LogP contribution in [0.5, 0.6) is 0 Å². The Hall–Kier alpha value is -1.39. The number of carbonyl (C=O) groups is 1. The highest BCUT2D eigenvalue weighted by molar-refractivity contribution is 5.50. The molecule has 0 aromatic carbocycles. The number of aldehydes is 1. The molecule has 0 amide bonds. The van der Waals surface area contributed by atoms with Crippen molar-refractivity contribution in [2.75, 3.05) is 0 Å². The fraction of sp³-hybridized carbons (Fsp3) is 0.833. The van der Waals surface area contributed by atoms with Crippen molar-refractivity contribution in [3.8, 4) is 0 Å². The van der Waals surface area contributed by atoms with Crippen LogP contribution in [0, 0.1) is 29.6 Å². The van der Waals surface area contributed by atoms with Crippen LogP contribution < -0.4 is 0 Å². The first-order valence-corrected chi connectivity index (χ1v) is 20.1. The molecule has 0 radical (unpaired) electrons. The monoisotopic (exact) mass is 696 g/mol. The van der Waals surface area contributed by atoms with Gasteiger partial charge >= 0.3 is 0 Å². The molecular weight excluding hydrogens is 632 g/mol. The van der Waals surface area contributed by atoms with Gasteiger partial charge in [0, 0.05) is 31.6 Å². The molecule has 280 valence electrons. The first-order valence-electron chi connectivity index (χ1n) is 20.1. The maximum atomic E-state index is 11.7. The second-order valence-electron chi connectivity index (χ2n) is 17.2. The Morgan fingerprint density at radius 2 is 1.60 bits per heavy atom. The average Bonchev–Trinajstić information content (AvgIpc) is 3.75. The van der Waals surface area contributed by atoms with Crippen molar-refractivity contribution >= 4 is 6.29 Å². The second kappa shape index (κ2) is 15.2. The molecule has 8 aliphatic heterocycles. The number of carbonyl (C=O) groups excluding carboxylic acids is 1.